The van der Waals surface area contributed by atoms with Gasteiger partial charge in [-0.3, -0.25) is 0 Å². The first kappa shape index (κ1) is 19.8. The minimum Gasteiger partial charge on any atom is -0.486 e. The van der Waals surface area contributed by atoms with Gasteiger partial charge in [0.1, 0.15) is 23.7 Å². The molecule has 0 heterocycles. The van der Waals surface area contributed by atoms with Gasteiger partial charge in [0, 0.05) is 0 Å². The van der Waals surface area contributed by atoms with Gasteiger partial charge in [-0.1, -0.05) is 12.2 Å². The Morgan fingerprint density at radius 2 is 1.07 bits per heavy atom. The molecule has 4 nitrogen and oxygen atoms in total. The molecule has 2 aliphatic carbocycles. The van der Waals surface area contributed by atoms with Crippen LogP contribution in [0.2, 0.25) is 0 Å². The van der Waals surface area contributed by atoms with Gasteiger partial charge in [-0.15, -0.1) is 0 Å². The summed E-state index contributed by atoms with van der Waals surface area (Å²) in [7, 11) is -3.58. The molecule has 0 radical (unpaired) electrons. The number of sulfone groups is 1. The number of rotatable bonds is 6. The molecule has 152 valence electrons. The van der Waals surface area contributed by atoms with Crippen molar-refractivity contribution in [2.24, 2.45) is 0 Å². The topological polar surface area (TPSA) is 52.6 Å². The Morgan fingerprint density at radius 3 is 1.41 bits per heavy atom. The van der Waals surface area contributed by atoms with E-state index in [1.54, 1.807) is 48.5 Å². The van der Waals surface area contributed by atoms with E-state index in [2.05, 4.69) is 24.3 Å². The fourth-order valence-corrected chi connectivity index (χ4v) is 4.90. The number of hydrogen-bond donors (Lipinski definition) is 0. The molecular formula is C24H26O4S. The van der Waals surface area contributed by atoms with Crippen molar-refractivity contribution in [3.63, 3.8) is 0 Å². The van der Waals surface area contributed by atoms with Gasteiger partial charge >= 0.3 is 0 Å². The average molecular weight is 411 g/mol. The molecule has 5 heteroatoms. The van der Waals surface area contributed by atoms with E-state index in [0.29, 0.717) is 11.5 Å². The molecule has 2 aromatic carbocycles. The van der Waals surface area contributed by atoms with Gasteiger partial charge in [0.25, 0.3) is 0 Å². The molecule has 0 fully saturated rings. The smallest absolute Gasteiger partial charge is 0.206 e. The highest BCUT2D eigenvalue weighted by molar-refractivity contribution is 7.91. The van der Waals surface area contributed by atoms with Crippen LogP contribution in [-0.2, 0) is 9.84 Å². The number of benzene rings is 2. The normalized spacial score (nSPS) is 21.7. The van der Waals surface area contributed by atoms with Gasteiger partial charge in [-0.05, 0) is 99.2 Å². The highest BCUT2D eigenvalue weighted by atomic mass is 32.2. The summed E-state index contributed by atoms with van der Waals surface area (Å²) in [4.78, 5) is 0.515. The predicted octanol–water partition coefficient (Wildman–Crippen LogP) is 5.49. The molecule has 29 heavy (non-hydrogen) atoms. The van der Waals surface area contributed by atoms with E-state index < -0.39 is 9.84 Å². The lowest BCUT2D eigenvalue weighted by Gasteiger charge is -2.19. The third-order valence-corrected chi connectivity index (χ3v) is 7.05. The maximum absolute atomic E-state index is 12.9. The van der Waals surface area contributed by atoms with Crippen molar-refractivity contribution in [2.45, 2.75) is 60.5 Å². The van der Waals surface area contributed by atoms with E-state index in [1.807, 2.05) is 0 Å². The molecule has 0 bridgehead atoms. The minimum atomic E-state index is -3.58. The first-order chi connectivity index (χ1) is 14.1. The molecule has 0 aliphatic heterocycles. The second kappa shape index (κ2) is 8.87. The van der Waals surface area contributed by atoms with Crippen LogP contribution < -0.4 is 9.47 Å². The molecular weight excluding hydrogens is 384 g/mol. The zero-order valence-electron chi connectivity index (χ0n) is 16.4. The predicted molar refractivity (Wildman–Crippen MR) is 113 cm³/mol. The Labute approximate surface area is 172 Å². The third-order valence-electron chi connectivity index (χ3n) is 5.26. The lowest BCUT2D eigenvalue weighted by Crippen LogP contribution is -2.15. The van der Waals surface area contributed by atoms with Gasteiger partial charge < -0.3 is 9.47 Å². The van der Waals surface area contributed by atoms with E-state index in [0.717, 1.165) is 38.5 Å². The summed E-state index contributed by atoms with van der Waals surface area (Å²) < 4.78 is 37.7. The molecule has 0 saturated heterocycles. The van der Waals surface area contributed by atoms with E-state index in [4.69, 9.17) is 9.47 Å². The molecule has 0 spiro atoms. The minimum absolute atomic E-state index is 0.0674. The number of ether oxygens (including phenoxy) is 2. The van der Waals surface area contributed by atoms with E-state index >= 15 is 0 Å². The van der Waals surface area contributed by atoms with Crippen molar-refractivity contribution in [3.05, 3.63) is 72.8 Å². The molecule has 0 N–H and O–H groups in total. The summed E-state index contributed by atoms with van der Waals surface area (Å²) >= 11 is 0. The second-order valence-corrected chi connectivity index (χ2v) is 9.43. The van der Waals surface area contributed by atoms with Crippen LogP contribution in [0, 0.1) is 0 Å². The average Bonchev–Trinajstić information content (AvgIpc) is 2.76. The van der Waals surface area contributed by atoms with Crippen LogP contribution >= 0.6 is 0 Å². The molecule has 4 rings (SSSR count). The molecule has 2 atom stereocenters. The van der Waals surface area contributed by atoms with Crippen molar-refractivity contribution >= 4 is 9.84 Å². The Kier molecular flexibility index (Phi) is 6.05. The van der Waals surface area contributed by atoms with E-state index in [-0.39, 0.29) is 22.0 Å². The molecule has 2 aliphatic rings. The molecule has 0 amide bonds. The standard InChI is InChI=1S/C24H26O4S/c25-29(26,23-15-11-21(12-16-23)27-19-7-3-1-4-8-19)24-17-13-22(14-18-24)28-20-9-5-2-6-10-20/h3,5,7,9,11-20H,1-2,4,6,8,10H2. The largest absolute Gasteiger partial charge is 0.486 e. The first-order valence-electron chi connectivity index (χ1n) is 10.2. The van der Waals surface area contributed by atoms with Crippen molar-refractivity contribution in [2.75, 3.05) is 0 Å². The van der Waals surface area contributed by atoms with E-state index in [1.165, 1.54) is 0 Å². The van der Waals surface area contributed by atoms with Crippen LogP contribution in [0.25, 0.3) is 0 Å². The zero-order chi connectivity index (χ0) is 20.1. The lowest BCUT2D eigenvalue weighted by molar-refractivity contribution is 0.229. The van der Waals surface area contributed by atoms with Gasteiger partial charge in [-0.25, -0.2) is 8.42 Å². The van der Waals surface area contributed by atoms with Crippen LogP contribution in [0.1, 0.15) is 38.5 Å². The van der Waals surface area contributed by atoms with Crippen LogP contribution in [0.4, 0.5) is 0 Å². The van der Waals surface area contributed by atoms with Crippen LogP contribution in [0.3, 0.4) is 0 Å². The highest BCUT2D eigenvalue weighted by Crippen LogP contribution is 2.27. The van der Waals surface area contributed by atoms with Gasteiger partial charge in [0.15, 0.2) is 0 Å². The van der Waals surface area contributed by atoms with E-state index in [9.17, 15) is 8.42 Å². The van der Waals surface area contributed by atoms with Crippen LogP contribution in [0.15, 0.2) is 82.6 Å². The highest BCUT2D eigenvalue weighted by Gasteiger charge is 2.19. The first-order valence-corrected chi connectivity index (χ1v) is 11.7. The molecule has 0 saturated carbocycles. The summed E-state index contributed by atoms with van der Waals surface area (Å²) in [5, 5.41) is 0. The van der Waals surface area contributed by atoms with Crippen molar-refractivity contribution in [3.8, 4) is 11.5 Å². The maximum Gasteiger partial charge on any atom is 0.206 e. The van der Waals surface area contributed by atoms with Crippen LogP contribution in [0.5, 0.6) is 11.5 Å². The summed E-state index contributed by atoms with van der Waals surface area (Å²) in [5.41, 5.74) is 0. The second-order valence-electron chi connectivity index (χ2n) is 7.48. The fourth-order valence-electron chi connectivity index (χ4n) is 3.64. The quantitative estimate of drug-likeness (QED) is 0.591. The summed E-state index contributed by atoms with van der Waals surface area (Å²) in [6.45, 7) is 0. The summed E-state index contributed by atoms with van der Waals surface area (Å²) in [5.74, 6) is 1.37. The van der Waals surface area contributed by atoms with Crippen molar-refractivity contribution in [1.82, 2.24) is 0 Å². The van der Waals surface area contributed by atoms with Crippen LogP contribution in [-0.4, -0.2) is 20.6 Å². The number of allylic oxidation sites excluding steroid dienone is 2. The Bertz CT molecular complexity index is 897. The number of hydrogen-bond acceptors (Lipinski definition) is 4. The molecule has 0 aromatic heterocycles. The Morgan fingerprint density at radius 1 is 0.655 bits per heavy atom. The molecule has 2 unspecified atom stereocenters. The van der Waals surface area contributed by atoms with Crippen molar-refractivity contribution in [1.29, 1.82) is 0 Å². The Hall–Kier alpha value is -2.53. The molecule has 2 aromatic rings. The zero-order valence-corrected chi connectivity index (χ0v) is 17.2. The SMILES string of the molecule is O=S(=O)(c1ccc(OC2C=CCCC2)cc1)c1ccc(OC2C=CCCC2)cc1. The monoisotopic (exact) mass is 410 g/mol. The van der Waals surface area contributed by atoms with Gasteiger partial charge in [0.2, 0.25) is 9.84 Å². The lowest BCUT2D eigenvalue weighted by atomic mass is 10.1. The van der Waals surface area contributed by atoms with Gasteiger partial charge in [-0.2, -0.15) is 0 Å². The van der Waals surface area contributed by atoms with Crippen molar-refractivity contribution < 1.29 is 17.9 Å². The Balaban J connectivity index is 1.44. The van der Waals surface area contributed by atoms with Gasteiger partial charge in [0.05, 0.1) is 9.79 Å². The third kappa shape index (κ3) is 4.91. The summed E-state index contributed by atoms with van der Waals surface area (Å²) in [6, 6.07) is 13.3. The fraction of sp³-hybridized carbons (Fsp3) is 0.333. The maximum atomic E-state index is 12.9. The summed E-state index contributed by atoms with van der Waals surface area (Å²) in [6.07, 6.45) is 14.9.